The quantitative estimate of drug-likeness (QED) is 0.798. The lowest BCUT2D eigenvalue weighted by atomic mass is 9.90. The van der Waals surface area contributed by atoms with Crippen LogP contribution in [-0.4, -0.2) is 24.7 Å². The van der Waals surface area contributed by atoms with Crippen molar-refractivity contribution in [2.45, 2.75) is 20.3 Å². The van der Waals surface area contributed by atoms with E-state index in [-0.39, 0.29) is 0 Å². The highest BCUT2D eigenvalue weighted by molar-refractivity contribution is 5.73. The highest BCUT2D eigenvalue weighted by atomic mass is 16.5. The van der Waals surface area contributed by atoms with E-state index in [1.807, 2.05) is 24.3 Å². The van der Waals surface area contributed by atoms with Gasteiger partial charge in [0.2, 0.25) is 0 Å². The van der Waals surface area contributed by atoms with Crippen LogP contribution in [-0.2, 0) is 4.79 Å². The number of aliphatic carboxylic acids is 1. The summed E-state index contributed by atoms with van der Waals surface area (Å²) in [5.41, 5.74) is 0.233. The van der Waals surface area contributed by atoms with Crippen molar-refractivity contribution >= 4 is 11.7 Å². The van der Waals surface area contributed by atoms with Crippen molar-refractivity contribution in [3.8, 4) is 5.75 Å². The van der Waals surface area contributed by atoms with Crippen molar-refractivity contribution < 1.29 is 14.6 Å². The summed E-state index contributed by atoms with van der Waals surface area (Å²) >= 11 is 0. The van der Waals surface area contributed by atoms with Gasteiger partial charge < -0.3 is 15.2 Å². The minimum absolute atomic E-state index is 0.569. The Morgan fingerprint density at radius 1 is 1.47 bits per heavy atom. The van der Waals surface area contributed by atoms with E-state index in [1.165, 1.54) is 0 Å². The third-order valence-electron chi connectivity index (χ3n) is 2.73. The van der Waals surface area contributed by atoms with Gasteiger partial charge in [-0.25, -0.2) is 0 Å². The van der Waals surface area contributed by atoms with Gasteiger partial charge in [-0.05, 0) is 32.4 Å². The first-order chi connectivity index (χ1) is 7.95. The number of benzene rings is 1. The Bertz CT molecular complexity index is 388. The first-order valence-corrected chi connectivity index (χ1v) is 5.57. The maximum atomic E-state index is 10.9. The number of hydrogen-bond acceptors (Lipinski definition) is 3. The van der Waals surface area contributed by atoms with Crippen LogP contribution in [0, 0.1) is 5.41 Å². The number of hydrogen-bond donors (Lipinski definition) is 2. The predicted octanol–water partition coefficient (Wildman–Crippen LogP) is 2.61. The SMILES string of the molecule is COc1cccc(NCCC(C)(C)C(=O)O)c1. The first-order valence-electron chi connectivity index (χ1n) is 5.57. The zero-order chi connectivity index (χ0) is 12.9. The lowest BCUT2D eigenvalue weighted by molar-refractivity contribution is -0.147. The summed E-state index contributed by atoms with van der Waals surface area (Å²) in [6, 6.07) is 7.57. The Morgan fingerprint density at radius 3 is 2.76 bits per heavy atom. The maximum absolute atomic E-state index is 10.9. The number of rotatable bonds is 6. The van der Waals surface area contributed by atoms with E-state index in [2.05, 4.69) is 5.32 Å². The Hall–Kier alpha value is -1.71. The van der Waals surface area contributed by atoms with E-state index in [9.17, 15) is 4.79 Å². The van der Waals surface area contributed by atoms with Crippen LogP contribution in [0.4, 0.5) is 5.69 Å². The summed E-state index contributed by atoms with van der Waals surface area (Å²) in [5, 5.41) is 12.2. The van der Waals surface area contributed by atoms with Crippen molar-refractivity contribution in [2.24, 2.45) is 5.41 Å². The van der Waals surface area contributed by atoms with Gasteiger partial charge in [0.1, 0.15) is 5.75 Å². The van der Waals surface area contributed by atoms with Crippen LogP contribution in [0.25, 0.3) is 0 Å². The van der Waals surface area contributed by atoms with Crippen LogP contribution in [0.2, 0.25) is 0 Å². The maximum Gasteiger partial charge on any atom is 0.309 e. The van der Waals surface area contributed by atoms with E-state index in [1.54, 1.807) is 21.0 Å². The van der Waals surface area contributed by atoms with Gasteiger partial charge in [-0.15, -0.1) is 0 Å². The summed E-state index contributed by atoms with van der Waals surface area (Å²) in [5.74, 6) is 0.0115. The zero-order valence-corrected chi connectivity index (χ0v) is 10.5. The molecule has 0 aromatic heterocycles. The molecule has 0 saturated heterocycles. The molecule has 1 aromatic rings. The fraction of sp³-hybridized carbons (Fsp3) is 0.462. The second-order valence-electron chi connectivity index (χ2n) is 4.60. The lowest BCUT2D eigenvalue weighted by Crippen LogP contribution is -2.26. The molecular formula is C13H19NO3. The highest BCUT2D eigenvalue weighted by Crippen LogP contribution is 2.21. The van der Waals surface area contributed by atoms with Gasteiger partial charge in [0, 0.05) is 18.3 Å². The van der Waals surface area contributed by atoms with Crippen LogP contribution in [0.1, 0.15) is 20.3 Å². The summed E-state index contributed by atoms with van der Waals surface area (Å²) in [7, 11) is 1.62. The number of carbonyl (C=O) groups is 1. The molecule has 1 rings (SSSR count). The Labute approximate surface area is 102 Å². The third kappa shape index (κ3) is 3.98. The molecule has 4 nitrogen and oxygen atoms in total. The fourth-order valence-electron chi connectivity index (χ4n) is 1.36. The Morgan fingerprint density at radius 2 is 2.18 bits per heavy atom. The standard InChI is InChI=1S/C13H19NO3/c1-13(2,12(15)16)7-8-14-10-5-4-6-11(9-10)17-3/h4-6,9,14H,7-8H2,1-3H3,(H,15,16). The minimum atomic E-state index is -0.773. The topological polar surface area (TPSA) is 58.6 Å². The van der Waals surface area contributed by atoms with E-state index < -0.39 is 11.4 Å². The predicted molar refractivity (Wildman–Crippen MR) is 67.5 cm³/mol. The van der Waals surface area contributed by atoms with E-state index in [0.29, 0.717) is 13.0 Å². The smallest absolute Gasteiger partial charge is 0.309 e. The van der Waals surface area contributed by atoms with Crippen molar-refractivity contribution in [3.63, 3.8) is 0 Å². The average molecular weight is 237 g/mol. The molecule has 1 aromatic carbocycles. The molecule has 0 aliphatic heterocycles. The first kappa shape index (κ1) is 13.4. The third-order valence-corrected chi connectivity index (χ3v) is 2.73. The molecule has 94 valence electrons. The van der Waals surface area contributed by atoms with Crippen LogP contribution >= 0.6 is 0 Å². The molecule has 0 aliphatic carbocycles. The average Bonchev–Trinajstić information content (AvgIpc) is 2.29. The molecule has 4 heteroatoms. The van der Waals surface area contributed by atoms with Gasteiger partial charge in [0.05, 0.1) is 12.5 Å². The fourth-order valence-corrected chi connectivity index (χ4v) is 1.36. The van der Waals surface area contributed by atoms with E-state index >= 15 is 0 Å². The van der Waals surface area contributed by atoms with Gasteiger partial charge in [0.25, 0.3) is 0 Å². The summed E-state index contributed by atoms with van der Waals surface area (Å²) in [6.45, 7) is 4.07. The van der Waals surface area contributed by atoms with Crippen molar-refractivity contribution in [2.75, 3.05) is 19.0 Å². The lowest BCUT2D eigenvalue weighted by Gasteiger charge is -2.19. The van der Waals surface area contributed by atoms with Crippen LogP contribution in [0.15, 0.2) is 24.3 Å². The Balaban J connectivity index is 2.48. The van der Waals surface area contributed by atoms with E-state index in [0.717, 1.165) is 11.4 Å². The van der Waals surface area contributed by atoms with Crippen LogP contribution in [0.5, 0.6) is 5.75 Å². The zero-order valence-electron chi connectivity index (χ0n) is 10.5. The summed E-state index contributed by atoms with van der Waals surface area (Å²) in [6.07, 6.45) is 0.569. The monoisotopic (exact) mass is 237 g/mol. The Kier molecular flexibility index (Phi) is 4.37. The molecule has 0 bridgehead atoms. The number of carboxylic acid groups (broad SMARTS) is 1. The summed E-state index contributed by atoms with van der Waals surface area (Å²) < 4.78 is 5.11. The second kappa shape index (κ2) is 5.57. The van der Waals surface area contributed by atoms with Gasteiger partial charge in [-0.1, -0.05) is 6.07 Å². The number of anilines is 1. The van der Waals surface area contributed by atoms with Crippen molar-refractivity contribution in [1.29, 1.82) is 0 Å². The van der Waals surface area contributed by atoms with Crippen LogP contribution in [0.3, 0.4) is 0 Å². The van der Waals surface area contributed by atoms with E-state index in [4.69, 9.17) is 9.84 Å². The molecule has 0 saturated carbocycles. The van der Waals surface area contributed by atoms with Gasteiger partial charge in [-0.3, -0.25) is 4.79 Å². The minimum Gasteiger partial charge on any atom is -0.497 e. The number of nitrogens with one attached hydrogen (secondary N) is 1. The number of carboxylic acids is 1. The number of methoxy groups -OCH3 is 1. The normalized spacial score (nSPS) is 11.0. The molecule has 0 amide bonds. The molecule has 0 spiro atoms. The molecule has 0 fully saturated rings. The van der Waals surface area contributed by atoms with Crippen molar-refractivity contribution in [1.82, 2.24) is 0 Å². The van der Waals surface area contributed by atoms with Gasteiger partial charge in [0.15, 0.2) is 0 Å². The van der Waals surface area contributed by atoms with Crippen LogP contribution < -0.4 is 10.1 Å². The molecule has 0 heterocycles. The highest BCUT2D eigenvalue weighted by Gasteiger charge is 2.26. The van der Waals surface area contributed by atoms with Gasteiger partial charge >= 0.3 is 5.97 Å². The molecule has 0 atom stereocenters. The molecule has 0 radical (unpaired) electrons. The van der Waals surface area contributed by atoms with Gasteiger partial charge in [-0.2, -0.15) is 0 Å². The largest absolute Gasteiger partial charge is 0.497 e. The molecule has 0 aliphatic rings. The molecule has 2 N–H and O–H groups in total. The molecule has 17 heavy (non-hydrogen) atoms. The summed E-state index contributed by atoms with van der Waals surface area (Å²) in [4.78, 5) is 10.9. The van der Waals surface area contributed by atoms with Crippen molar-refractivity contribution in [3.05, 3.63) is 24.3 Å². The second-order valence-corrected chi connectivity index (χ2v) is 4.60. The molecule has 0 unspecified atom stereocenters. The molecular weight excluding hydrogens is 218 g/mol. The number of ether oxygens (including phenoxy) is 1.